The molecule has 0 aliphatic carbocycles. The van der Waals surface area contributed by atoms with Gasteiger partial charge in [-0.15, -0.1) is 0 Å². The van der Waals surface area contributed by atoms with E-state index in [9.17, 15) is 13.6 Å². The van der Waals surface area contributed by atoms with Gasteiger partial charge in [0.05, 0.1) is 0 Å². The summed E-state index contributed by atoms with van der Waals surface area (Å²) in [5, 5.41) is 2.60. The Morgan fingerprint density at radius 3 is 2.29 bits per heavy atom. The SMILES string of the molecule is CN(C)C(C(=O)Nc1ccc(F)c(F)c1)c1ccccc1. The lowest BCUT2D eigenvalue weighted by Gasteiger charge is -2.23. The number of halogens is 2. The third-order valence-electron chi connectivity index (χ3n) is 3.07. The van der Waals surface area contributed by atoms with E-state index >= 15 is 0 Å². The van der Waals surface area contributed by atoms with Gasteiger partial charge in [-0.3, -0.25) is 9.69 Å². The first-order chi connectivity index (χ1) is 9.99. The first-order valence-electron chi connectivity index (χ1n) is 6.46. The van der Waals surface area contributed by atoms with E-state index in [1.807, 2.05) is 30.3 Å². The maximum atomic E-state index is 13.2. The van der Waals surface area contributed by atoms with Gasteiger partial charge in [-0.2, -0.15) is 0 Å². The molecule has 0 saturated carbocycles. The molecule has 2 aromatic carbocycles. The maximum Gasteiger partial charge on any atom is 0.246 e. The van der Waals surface area contributed by atoms with Gasteiger partial charge in [0, 0.05) is 11.8 Å². The number of anilines is 1. The van der Waals surface area contributed by atoms with Crippen molar-refractivity contribution in [3.05, 3.63) is 65.7 Å². The topological polar surface area (TPSA) is 32.3 Å². The first-order valence-corrected chi connectivity index (χ1v) is 6.46. The van der Waals surface area contributed by atoms with Gasteiger partial charge in [-0.05, 0) is 31.8 Å². The lowest BCUT2D eigenvalue weighted by atomic mass is 10.1. The maximum absolute atomic E-state index is 13.2. The van der Waals surface area contributed by atoms with Gasteiger partial charge < -0.3 is 5.32 Å². The Hall–Kier alpha value is -2.27. The van der Waals surface area contributed by atoms with Gasteiger partial charge in [-0.1, -0.05) is 30.3 Å². The molecular weight excluding hydrogens is 274 g/mol. The Balaban J connectivity index is 2.21. The number of likely N-dealkylation sites (N-methyl/N-ethyl adjacent to an activating group) is 1. The van der Waals surface area contributed by atoms with Crippen LogP contribution in [0.1, 0.15) is 11.6 Å². The van der Waals surface area contributed by atoms with E-state index in [0.29, 0.717) is 0 Å². The zero-order chi connectivity index (χ0) is 15.4. The molecule has 1 amide bonds. The molecule has 3 nitrogen and oxygen atoms in total. The Morgan fingerprint density at radius 2 is 1.71 bits per heavy atom. The molecule has 0 aliphatic rings. The Morgan fingerprint density at radius 1 is 1.05 bits per heavy atom. The zero-order valence-electron chi connectivity index (χ0n) is 11.8. The third kappa shape index (κ3) is 3.64. The molecule has 2 rings (SSSR count). The molecule has 5 heteroatoms. The van der Waals surface area contributed by atoms with Crippen LogP contribution in [0.5, 0.6) is 0 Å². The van der Waals surface area contributed by atoms with Gasteiger partial charge in [0.15, 0.2) is 11.6 Å². The van der Waals surface area contributed by atoms with Crippen LogP contribution in [0.15, 0.2) is 48.5 Å². The second-order valence-electron chi connectivity index (χ2n) is 4.89. The summed E-state index contributed by atoms with van der Waals surface area (Å²) in [4.78, 5) is 14.1. The van der Waals surface area contributed by atoms with Crippen LogP contribution in [0.2, 0.25) is 0 Å². The Labute approximate surface area is 122 Å². The second-order valence-corrected chi connectivity index (χ2v) is 4.89. The van der Waals surface area contributed by atoms with Crippen molar-refractivity contribution in [2.24, 2.45) is 0 Å². The number of benzene rings is 2. The molecule has 0 saturated heterocycles. The summed E-state index contributed by atoms with van der Waals surface area (Å²) in [7, 11) is 3.56. The molecule has 0 bridgehead atoms. The van der Waals surface area contributed by atoms with Crippen molar-refractivity contribution >= 4 is 11.6 Å². The van der Waals surface area contributed by atoms with Gasteiger partial charge in [0.1, 0.15) is 6.04 Å². The van der Waals surface area contributed by atoms with Gasteiger partial charge in [0.2, 0.25) is 5.91 Å². The molecule has 1 N–H and O–H groups in total. The molecule has 1 unspecified atom stereocenters. The van der Waals surface area contributed by atoms with Crippen LogP contribution in [0.3, 0.4) is 0 Å². The molecule has 1 atom stereocenters. The van der Waals surface area contributed by atoms with Gasteiger partial charge >= 0.3 is 0 Å². The number of carbonyl (C=O) groups is 1. The van der Waals surface area contributed by atoms with Gasteiger partial charge in [0.25, 0.3) is 0 Å². The predicted molar refractivity (Wildman–Crippen MR) is 77.9 cm³/mol. The zero-order valence-corrected chi connectivity index (χ0v) is 11.8. The van der Waals surface area contributed by atoms with E-state index in [-0.39, 0.29) is 11.6 Å². The second kappa shape index (κ2) is 6.45. The summed E-state index contributed by atoms with van der Waals surface area (Å²) in [5.41, 5.74) is 1.05. The van der Waals surface area contributed by atoms with Crippen LogP contribution >= 0.6 is 0 Å². The number of hydrogen-bond acceptors (Lipinski definition) is 2. The van der Waals surface area contributed by atoms with E-state index in [0.717, 1.165) is 17.7 Å². The largest absolute Gasteiger partial charge is 0.324 e. The summed E-state index contributed by atoms with van der Waals surface area (Å²) in [5.74, 6) is -2.24. The smallest absolute Gasteiger partial charge is 0.246 e. The van der Waals surface area contributed by atoms with E-state index in [1.165, 1.54) is 6.07 Å². The van der Waals surface area contributed by atoms with Gasteiger partial charge in [-0.25, -0.2) is 8.78 Å². The summed E-state index contributed by atoms with van der Waals surface area (Å²) >= 11 is 0. The highest BCUT2D eigenvalue weighted by molar-refractivity contribution is 5.95. The summed E-state index contributed by atoms with van der Waals surface area (Å²) in [6.45, 7) is 0. The lowest BCUT2D eigenvalue weighted by molar-refractivity contribution is -0.120. The fourth-order valence-electron chi connectivity index (χ4n) is 2.10. The molecule has 0 fully saturated rings. The number of nitrogens with one attached hydrogen (secondary N) is 1. The molecule has 110 valence electrons. The molecule has 0 heterocycles. The van der Waals surface area contributed by atoms with Crippen LogP contribution in [-0.2, 0) is 4.79 Å². The van der Waals surface area contributed by atoms with Crippen molar-refractivity contribution in [2.75, 3.05) is 19.4 Å². The van der Waals surface area contributed by atoms with Crippen LogP contribution in [0.4, 0.5) is 14.5 Å². The number of carbonyl (C=O) groups excluding carboxylic acids is 1. The molecule has 0 radical (unpaired) electrons. The summed E-state index contributed by atoms with van der Waals surface area (Å²) < 4.78 is 26.1. The van der Waals surface area contributed by atoms with Crippen LogP contribution in [-0.4, -0.2) is 24.9 Å². The highest BCUT2D eigenvalue weighted by Crippen LogP contribution is 2.21. The monoisotopic (exact) mass is 290 g/mol. The molecule has 0 aromatic heterocycles. The normalized spacial score (nSPS) is 12.2. The number of nitrogens with zero attached hydrogens (tertiary/aromatic N) is 1. The predicted octanol–water partition coefficient (Wildman–Crippen LogP) is 3.21. The fourth-order valence-corrected chi connectivity index (χ4v) is 2.10. The molecule has 0 aliphatic heterocycles. The average molecular weight is 290 g/mol. The minimum Gasteiger partial charge on any atom is -0.324 e. The van der Waals surface area contributed by atoms with E-state index in [1.54, 1.807) is 19.0 Å². The highest BCUT2D eigenvalue weighted by atomic mass is 19.2. The minimum atomic E-state index is -0.992. The Bertz CT molecular complexity index is 629. The van der Waals surface area contributed by atoms with Crippen molar-refractivity contribution in [1.29, 1.82) is 0 Å². The van der Waals surface area contributed by atoms with E-state index in [4.69, 9.17) is 0 Å². The van der Waals surface area contributed by atoms with E-state index < -0.39 is 17.7 Å². The highest BCUT2D eigenvalue weighted by Gasteiger charge is 2.22. The standard InChI is InChI=1S/C16H16F2N2O/c1-20(2)15(11-6-4-3-5-7-11)16(21)19-12-8-9-13(17)14(18)10-12/h3-10,15H,1-2H3,(H,19,21). The van der Waals surface area contributed by atoms with Crippen molar-refractivity contribution in [1.82, 2.24) is 4.90 Å². The molecule has 0 spiro atoms. The lowest BCUT2D eigenvalue weighted by Crippen LogP contribution is -2.32. The van der Waals surface area contributed by atoms with Crippen LogP contribution in [0.25, 0.3) is 0 Å². The number of hydrogen-bond donors (Lipinski definition) is 1. The van der Waals surface area contributed by atoms with Crippen LogP contribution in [0, 0.1) is 11.6 Å². The van der Waals surface area contributed by atoms with Crippen LogP contribution < -0.4 is 5.32 Å². The van der Waals surface area contributed by atoms with Crippen molar-refractivity contribution in [3.63, 3.8) is 0 Å². The summed E-state index contributed by atoms with van der Waals surface area (Å²) in [6, 6.07) is 12.0. The van der Waals surface area contributed by atoms with Crippen molar-refractivity contribution in [3.8, 4) is 0 Å². The quantitative estimate of drug-likeness (QED) is 0.937. The molecule has 2 aromatic rings. The average Bonchev–Trinajstić information content (AvgIpc) is 2.44. The molecule has 21 heavy (non-hydrogen) atoms. The van der Waals surface area contributed by atoms with Crippen molar-refractivity contribution in [2.45, 2.75) is 6.04 Å². The number of amides is 1. The first kappa shape index (κ1) is 15.1. The third-order valence-corrected chi connectivity index (χ3v) is 3.07. The minimum absolute atomic E-state index is 0.224. The fraction of sp³-hybridized carbons (Fsp3) is 0.188. The Kier molecular flexibility index (Phi) is 4.65. The molecular formula is C16H16F2N2O. The number of rotatable bonds is 4. The summed E-state index contributed by atoms with van der Waals surface area (Å²) in [6.07, 6.45) is 0. The van der Waals surface area contributed by atoms with E-state index in [2.05, 4.69) is 5.32 Å². The van der Waals surface area contributed by atoms with Crippen molar-refractivity contribution < 1.29 is 13.6 Å².